The third-order valence-electron chi connectivity index (χ3n) is 2.90. The Morgan fingerprint density at radius 2 is 2.29 bits per heavy atom. The number of likely N-dealkylation sites (tertiary alicyclic amines) is 1. The molecule has 1 aliphatic rings. The smallest absolute Gasteiger partial charge is 0.232 e. The Hall–Kier alpha value is -0.220. The van der Waals surface area contributed by atoms with E-state index in [1.807, 2.05) is 11.2 Å². The molecule has 4 heteroatoms. The van der Waals surface area contributed by atoms with E-state index in [1.54, 1.807) is 11.8 Å². The number of amides is 1. The molecule has 2 unspecified atom stereocenters. The van der Waals surface area contributed by atoms with Gasteiger partial charge in [-0.25, -0.2) is 0 Å². The molecule has 0 spiro atoms. The van der Waals surface area contributed by atoms with E-state index < -0.39 is 0 Å². The number of carbonyl (C=O) groups is 1. The van der Waals surface area contributed by atoms with E-state index in [0.29, 0.717) is 24.3 Å². The molecule has 1 saturated heterocycles. The van der Waals surface area contributed by atoms with Gasteiger partial charge in [-0.15, -0.1) is 0 Å². The van der Waals surface area contributed by atoms with E-state index in [4.69, 9.17) is 5.73 Å². The summed E-state index contributed by atoms with van der Waals surface area (Å²) >= 11 is 1.59. The predicted octanol–water partition coefficient (Wildman–Crippen LogP) is 0.935. The van der Waals surface area contributed by atoms with Crippen molar-refractivity contribution < 1.29 is 4.79 Å². The van der Waals surface area contributed by atoms with Gasteiger partial charge in [0.05, 0.1) is 5.75 Å². The summed E-state index contributed by atoms with van der Waals surface area (Å²) in [5, 5.41) is 0. The van der Waals surface area contributed by atoms with Crippen molar-refractivity contribution in [3.05, 3.63) is 0 Å². The number of nitrogens with two attached hydrogens (primary N) is 1. The van der Waals surface area contributed by atoms with Gasteiger partial charge in [0.1, 0.15) is 0 Å². The van der Waals surface area contributed by atoms with Crippen molar-refractivity contribution in [3.63, 3.8) is 0 Å². The van der Waals surface area contributed by atoms with Crippen LogP contribution in [0.15, 0.2) is 0 Å². The van der Waals surface area contributed by atoms with Crippen molar-refractivity contribution in [3.8, 4) is 0 Å². The van der Waals surface area contributed by atoms with Crippen LogP contribution < -0.4 is 5.73 Å². The number of hydrogen-bond acceptors (Lipinski definition) is 3. The average Bonchev–Trinajstić information content (AvgIpc) is 2.19. The molecule has 0 aromatic rings. The van der Waals surface area contributed by atoms with E-state index in [0.717, 1.165) is 13.0 Å². The van der Waals surface area contributed by atoms with Crippen molar-refractivity contribution in [1.82, 2.24) is 4.90 Å². The summed E-state index contributed by atoms with van der Waals surface area (Å²) in [6.45, 7) is 3.69. The molecule has 82 valence electrons. The fourth-order valence-corrected chi connectivity index (χ4v) is 2.34. The van der Waals surface area contributed by atoms with Crippen molar-refractivity contribution >= 4 is 17.7 Å². The minimum atomic E-state index is 0.267. The van der Waals surface area contributed by atoms with Crippen LogP contribution >= 0.6 is 11.8 Å². The Morgan fingerprint density at radius 1 is 1.57 bits per heavy atom. The second kappa shape index (κ2) is 5.61. The van der Waals surface area contributed by atoms with Gasteiger partial charge < -0.3 is 10.6 Å². The highest BCUT2D eigenvalue weighted by Crippen LogP contribution is 2.21. The molecule has 14 heavy (non-hydrogen) atoms. The molecule has 3 nitrogen and oxygen atoms in total. The van der Waals surface area contributed by atoms with Crippen molar-refractivity contribution in [2.75, 3.05) is 25.1 Å². The first-order chi connectivity index (χ1) is 6.69. The van der Waals surface area contributed by atoms with Gasteiger partial charge in [0.25, 0.3) is 0 Å². The van der Waals surface area contributed by atoms with Crippen molar-refractivity contribution in [2.24, 2.45) is 11.7 Å². The number of nitrogens with zero attached hydrogens (tertiary/aromatic N) is 1. The highest BCUT2D eigenvalue weighted by Gasteiger charge is 2.27. The maximum Gasteiger partial charge on any atom is 0.232 e. The van der Waals surface area contributed by atoms with E-state index in [9.17, 15) is 4.79 Å². The third-order valence-corrected chi connectivity index (χ3v) is 3.44. The summed E-state index contributed by atoms with van der Waals surface area (Å²) in [7, 11) is 0. The first kappa shape index (κ1) is 11.9. The van der Waals surface area contributed by atoms with Crippen LogP contribution in [0.1, 0.15) is 19.8 Å². The number of piperidine rings is 1. The zero-order valence-corrected chi connectivity index (χ0v) is 9.85. The average molecular weight is 216 g/mol. The molecule has 2 N–H and O–H groups in total. The lowest BCUT2D eigenvalue weighted by atomic mass is 9.93. The fourth-order valence-electron chi connectivity index (χ4n) is 1.93. The first-order valence-corrected chi connectivity index (χ1v) is 6.57. The van der Waals surface area contributed by atoms with Gasteiger partial charge in [-0.3, -0.25) is 4.79 Å². The highest BCUT2D eigenvalue weighted by atomic mass is 32.2. The standard InChI is InChI=1S/C10H20N2OS/c1-8-3-4-9(5-11)6-12(8)10(13)7-14-2/h8-9H,3-7,11H2,1-2H3. The molecule has 0 aromatic heterocycles. The minimum absolute atomic E-state index is 0.267. The molecule has 0 radical (unpaired) electrons. The summed E-state index contributed by atoms with van der Waals surface area (Å²) in [5.41, 5.74) is 5.64. The Labute approximate surface area is 90.4 Å². The van der Waals surface area contributed by atoms with Crippen LogP contribution in [0, 0.1) is 5.92 Å². The third kappa shape index (κ3) is 2.89. The number of hydrogen-bond donors (Lipinski definition) is 1. The van der Waals surface area contributed by atoms with Gasteiger partial charge in [-0.05, 0) is 38.5 Å². The summed E-state index contributed by atoms with van der Waals surface area (Å²) < 4.78 is 0. The lowest BCUT2D eigenvalue weighted by Crippen LogP contribution is -2.47. The summed E-state index contributed by atoms with van der Waals surface area (Å²) in [4.78, 5) is 13.7. The Kier molecular flexibility index (Phi) is 4.75. The number of carbonyl (C=O) groups excluding carboxylic acids is 1. The van der Waals surface area contributed by atoms with Crippen LogP contribution in [0.2, 0.25) is 0 Å². The van der Waals surface area contributed by atoms with Crippen LogP contribution in [-0.2, 0) is 4.79 Å². The van der Waals surface area contributed by atoms with Gasteiger partial charge in [0.15, 0.2) is 0 Å². The van der Waals surface area contributed by atoms with Gasteiger partial charge in [0.2, 0.25) is 5.91 Å². The van der Waals surface area contributed by atoms with Crippen LogP contribution in [0.5, 0.6) is 0 Å². The second-order valence-electron chi connectivity index (χ2n) is 4.01. The highest BCUT2D eigenvalue weighted by molar-refractivity contribution is 7.99. The number of thioether (sulfide) groups is 1. The van der Waals surface area contributed by atoms with Crippen LogP contribution in [0.25, 0.3) is 0 Å². The normalized spacial score (nSPS) is 27.8. The molecule has 0 saturated carbocycles. The molecular formula is C10H20N2OS. The molecule has 1 aliphatic heterocycles. The van der Waals surface area contributed by atoms with Crippen molar-refractivity contribution in [2.45, 2.75) is 25.8 Å². The van der Waals surface area contributed by atoms with Gasteiger partial charge in [-0.2, -0.15) is 11.8 Å². The van der Waals surface area contributed by atoms with Crippen molar-refractivity contribution in [1.29, 1.82) is 0 Å². The minimum Gasteiger partial charge on any atom is -0.339 e. The van der Waals surface area contributed by atoms with Crippen LogP contribution in [0.4, 0.5) is 0 Å². The fraction of sp³-hybridized carbons (Fsp3) is 0.900. The van der Waals surface area contributed by atoms with Crippen LogP contribution in [-0.4, -0.2) is 41.9 Å². The molecule has 2 atom stereocenters. The second-order valence-corrected chi connectivity index (χ2v) is 4.87. The van der Waals surface area contributed by atoms with Gasteiger partial charge >= 0.3 is 0 Å². The van der Waals surface area contributed by atoms with E-state index in [1.165, 1.54) is 6.42 Å². The topological polar surface area (TPSA) is 46.3 Å². The van der Waals surface area contributed by atoms with Gasteiger partial charge in [-0.1, -0.05) is 0 Å². The zero-order valence-electron chi connectivity index (χ0n) is 9.03. The van der Waals surface area contributed by atoms with E-state index >= 15 is 0 Å². The molecule has 0 aromatic carbocycles. The Morgan fingerprint density at radius 3 is 2.86 bits per heavy atom. The predicted molar refractivity (Wildman–Crippen MR) is 61.3 cm³/mol. The quantitative estimate of drug-likeness (QED) is 0.763. The molecule has 0 aliphatic carbocycles. The Bertz CT molecular complexity index is 199. The largest absolute Gasteiger partial charge is 0.339 e. The molecular weight excluding hydrogens is 196 g/mol. The van der Waals surface area contributed by atoms with E-state index in [2.05, 4.69) is 6.92 Å². The molecule has 1 rings (SSSR count). The SMILES string of the molecule is CSCC(=O)N1CC(CN)CCC1C. The van der Waals surface area contributed by atoms with E-state index in [-0.39, 0.29) is 5.91 Å². The Balaban J connectivity index is 2.51. The van der Waals surface area contributed by atoms with Crippen LogP contribution in [0.3, 0.4) is 0 Å². The zero-order chi connectivity index (χ0) is 10.6. The van der Waals surface area contributed by atoms with Gasteiger partial charge in [0, 0.05) is 12.6 Å². The summed E-state index contributed by atoms with van der Waals surface area (Å²) in [5.74, 6) is 1.38. The molecule has 1 amide bonds. The molecule has 0 bridgehead atoms. The monoisotopic (exact) mass is 216 g/mol. The molecule has 1 heterocycles. The summed E-state index contributed by atoms with van der Waals surface area (Å²) in [6, 6.07) is 0.400. The summed E-state index contributed by atoms with van der Waals surface area (Å²) in [6.07, 6.45) is 4.23. The lowest BCUT2D eigenvalue weighted by Gasteiger charge is -2.37. The lowest BCUT2D eigenvalue weighted by molar-refractivity contribution is -0.132. The number of rotatable bonds is 3. The maximum absolute atomic E-state index is 11.7. The maximum atomic E-state index is 11.7. The molecule has 1 fully saturated rings. The first-order valence-electron chi connectivity index (χ1n) is 5.17.